The highest BCUT2D eigenvalue weighted by atomic mass is 19.4. The smallest absolute Gasteiger partial charge is 0.392 e. The average molecular weight is 295 g/mol. The molecule has 0 aromatic rings. The van der Waals surface area contributed by atoms with Crippen molar-refractivity contribution < 1.29 is 27.9 Å². The van der Waals surface area contributed by atoms with Crippen LogP contribution in [0.25, 0.3) is 0 Å². The van der Waals surface area contributed by atoms with Gasteiger partial charge in [-0.3, -0.25) is 4.79 Å². The van der Waals surface area contributed by atoms with Crippen molar-refractivity contribution in [1.29, 1.82) is 0 Å². The summed E-state index contributed by atoms with van der Waals surface area (Å²) in [7, 11) is 0. The maximum atomic E-state index is 12.9. The van der Waals surface area contributed by atoms with Gasteiger partial charge in [-0.15, -0.1) is 0 Å². The van der Waals surface area contributed by atoms with Crippen molar-refractivity contribution in [2.75, 3.05) is 0 Å². The first-order chi connectivity index (χ1) is 9.14. The molecule has 7 heteroatoms. The third-order valence-electron chi connectivity index (χ3n) is 3.75. The van der Waals surface area contributed by atoms with Gasteiger partial charge in [-0.1, -0.05) is 26.7 Å². The summed E-state index contributed by atoms with van der Waals surface area (Å²) in [6, 6.07) is -1.15. The van der Waals surface area contributed by atoms with E-state index < -0.39 is 35.9 Å². The van der Waals surface area contributed by atoms with E-state index in [4.69, 9.17) is 5.11 Å². The second-order valence-electron chi connectivity index (χ2n) is 5.61. The van der Waals surface area contributed by atoms with Crippen molar-refractivity contribution in [2.24, 2.45) is 17.8 Å². The van der Waals surface area contributed by atoms with E-state index in [1.807, 2.05) is 0 Å². The highest BCUT2D eigenvalue weighted by Gasteiger charge is 2.48. The van der Waals surface area contributed by atoms with Crippen molar-refractivity contribution in [2.45, 2.75) is 51.7 Å². The molecule has 1 saturated carbocycles. The number of carboxylic acid groups (broad SMARTS) is 1. The Hall–Kier alpha value is -1.27. The van der Waals surface area contributed by atoms with Crippen LogP contribution < -0.4 is 5.32 Å². The summed E-state index contributed by atoms with van der Waals surface area (Å²) in [6.45, 7) is 3.20. The van der Waals surface area contributed by atoms with Crippen LogP contribution in [-0.4, -0.2) is 29.2 Å². The van der Waals surface area contributed by atoms with E-state index >= 15 is 0 Å². The number of carbonyl (C=O) groups excluding carboxylic acids is 1. The molecule has 3 unspecified atom stereocenters. The number of carboxylic acids is 1. The maximum Gasteiger partial charge on any atom is 0.392 e. The molecule has 116 valence electrons. The fourth-order valence-electron chi connectivity index (χ4n) is 2.61. The quantitative estimate of drug-likeness (QED) is 0.837. The van der Waals surface area contributed by atoms with Crippen molar-refractivity contribution in [3.05, 3.63) is 0 Å². The molecule has 0 saturated heterocycles. The minimum Gasteiger partial charge on any atom is -0.480 e. The molecule has 0 radical (unpaired) electrons. The Balaban J connectivity index is 2.80. The monoisotopic (exact) mass is 295 g/mol. The van der Waals surface area contributed by atoms with Gasteiger partial charge in [-0.2, -0.15) is 13.2 Å². The first-order valence-corrected chi connectivity index (χ1v) is 6.74. The SMILES string of the molecule is CC(C)C(NC(=O)C1CCCCC1C(F)(F)F)C(=O)O. The third-order valence-corrected chi connectivity index (χ3v) is 3.75. The molecule has 0 heterocycles. The van der Waals surface area contributed by atoms with Crippen LogP contribution in [0.3, 0.4) is 0 Å². The molecule has 0 spiro atoms. The van der Waals surface area contributed by atoms with E-state index in [9.17, 15) is 22.8 Å². The molecule has 1 fully saturated rings. The maximum absolute atomic E-state index is 12.9. The minimum absolute atomic E-state index is 0.0684. The second kappa shape index (κ2) is 6.45. The van der Waals surface area contributed by atoms with E-state index in [1.165, 1.54) is 0 Å². The van der Waals surface area contributed by atoms with E-state index in [1.54, 1.807) is 13.8 Å². The molecule has 0 aromatic heterocycles. The standard InChI is InChI=1S/C13H20F3NO3/c1-7(2)10(12(19)20)17-11(18)8-5-3-4-6-9(8)13(14,15)16/h7-10H,3-6H2,1-2H3,(H,17,18)(H,19,20). The molecule has 1 amide bonds. The number of halogens is 3. The zero-order valence-corrected chi connectivity index (χ0v) is 11.5. The lowest BCUT2D eigenvalue weighted by atomic mass is 9.78. The molecule has 1 aliphatic rings. The molecule has 0 aromatic carbocycles. The number of alkyl halides is 3. The fourth-order valence-corrected chi connectivity index (χ4v) is 2.61. The Morgan fingerprint density at radius 3 is 2.20 bits per heavy atom. The lowest BCUT2D eigenvalue weighted by Gasteiger charge is -2.33. The van der Waals surface area contributed by atoms with Gasteiger partial charge < -0.3 is 10.4 Å². The molecule has 0 bridgehead atoms. The first-order valence-electron chi connectivity index (χ1n) is 6.74. The summed E-state index contributed by atoms with van der Waals surface area (Å²) in [5.41, 5.74) is 0. The van der Waals surface area contributed by atoms with Gasteiger partial charge in [-0.25, -0.2) is 4.79 Å². The molecule has 4 nitrogen and oxygen atoms in total. The van der Waals surface area contributed by atoms with Crippen LogP contribution >= 0.6 is 0 Å². The molecular formula is C13H20F3NO3. The predicted octanol–water partition coefficient (Wildman–Crippen LogP) is 2.58. The highest BCUT2D eigenvalue weighted by molar-refractivity contribution is 5.85. The minimum atomic E-state index is -4.42. The molecule has 2 N–H and O–H groups in total. The summed E-state index contributed by atoms with van der Waals surface area (Å²) >= 11 is 0. The molecule has 3 atom stereocenters. The van der Waals surface area contributed by atoms with Crippen LogP contribution in [0.1, 0.15) is 39.5 Å². The highest BCUT2D eigenvalue weighted by Crippen LogP contribution is 2.41. The van der Waals surface area contributed by atoms with E-state index in [-0.39, 0.29) is 18.8 Å². The van der Waals surface area contributed by atoms with Gasteiger partial charge in [0.2, 0.25) is 5.91 Å². The Morgan fingerprint density at radius 2 is 1.75 bits per heavy atom. The van der Waals surface area contributed by atoms with Gasteiger partial charge in [-0.05, 0) is 18.8 Å². The Bertz CT molecular complexity index is 368. The van der Waals surface area contributed by atoms with Crippen molar-refractivity contribution in [1.82, 2.24) is 5.32 Å². The summed E-state index contributed by atoms with van der Waals surface area (Å²) in [4.78, 5) is 23.0. The van der Waals surface area contributed by atoms with Gasteiger partial charge >= 0.3 is 12.1 Å². The summed E-state index contributed by atoms with van der Waals surface area (Å²) in [5.74, 6) is -5.26. The van der Waals surface area contributed by atoms with E-state index in [0.29, 0.717) is 12.8 Å². The van der Waals surface area contributed by atoms with Crippen LogP contribution in [0, 0.1) is 17.8 Å². The molecule has 0 aliphatic heterocycles. The van der Waals surface area contributed by atoms with Gasteiger partial charge in [0, 0.05) is 5.92 Å². The first kappa shape index (κ1) is 16.8. The summed E-state index contributed by atoms with van der Waals surface area (Å²) < 4.78 is 38.7. The van der Waals surface area contributed by atoms with Gasteiger partial charge in [0.25, 0.3) is 0 Å². The Kier molecular flexibility index (Phi) is 5.42. The molecule has 1 aliphatic carbocycles. The van der Waals surface area contributed by atoms with Crippen LogP contribution in [0.4, 0.5) is 13.2 Å². The van der Waals surface area contributed by atoms with Crippen LogP contribution in [0.5, 0.6) is 0 Å². The lowest BCUT2D eigenvalue weighted by Crippen LogP contribution is -2.50. The average Bonchev–Trinajstić information content (AvgIpc) is 2.33. The predicted molar refractivity (Wildman–Crippen MR) is 65.9 cm³/mol. The van der Waals surface area contributed by atoms with Crippen LogP contribution in [0.2, 0.25) is 0 Å². The molecule has 1 rings (SSSR count). The van der Waals surface area contributed by atoms with Crippen molar-refractivity contribution >= 4 is 11.9 Å². The Morgan fingerprint density at radius 1 is 1.20 bits per heavy atom. The number of hydrogen-bond acceptors (Lipinski definition) is 2. The second-order valence-corrected chi connectivity index (χ2v) is 5.61. The normalized spacial score (nSPS) is 25.3. The topological polar surface area (TPSA) is 66.4 Å². The zero-order valence-electron chi connectivity index (χ0n) is 11.5. The lowest BCUT2D eigenvalue weighted by molar-refractivity contribution is -0.198. The number of rotatable bonds is 4. The molecular weight excluding hydrogens is 275 g/mol. The zero-order chi connectivity index (χ0) is 15.5. The third kappa shape index (κ3) is 4.11. The van der Waals surface area contributed by atoms with E-state index in [2.05, 4.69) is 5.32 Å². The summed E-state index contributed by atoms with van der Waals surface area (Å²) in [5, 5.41) is 11.2. The van der Waals surface area contributed by atoms with Crippen molar-refractivity contribution in [3.8, 4) is 0 Å². The molecule has 20 heavy (non-hydrogen) atoms. The fraction of sp³-hybridized carbons (Fsp3) is 0.846. The van der Waals surface area contributed by atoms with Crippen LogP contribution in [0.15, 0.2) is 0 Å². The number of carbonyl (C=O) groups is 2. The number of nitrogens with one attached hydrogen (secondary N) is 1. The van der Waals surface area contributed by atoms with Crippen molar-refractivity contribution in [3.63, 3.8) is 0 Å². The summed E-state index contributed by atoms with van der Waals surface area (Å²) in [6.07, 6.45) is -3.33. The number of aliphatic carboxylic acids is 1. The number of hydrogen-bond donors (Lipinski definition) is 2. The largest absolute Gasteiger partial charge is 0.480 e. The van der Waals surface area contributed by atoms with Gasteiger partial charge in [0.15, 0.2) is 0 Å². The van der Waals surface area contributed by atoms with Crippen LogP contribution in [-0.2, 0) is 9.59 Å². The Labute approximate surface area is 115 Å². The van der Waals surface area contributed by atoms with Gasteiger partial charge in [0.05, 0.1) is 5.92 Å². The van der Waals surface area contributed by atoms with Gasteiger partial charge in [0.1, 0.15) is 6.04 Å². The van der Waals surface area contributed by atoms with E-state index in [0.717, 1.165) is 0 Å². The number of amides is 1.